The number of piperazine rings is 1. The first-order valence-corrected chi connectivity index (χ1v) is 12.8. The number of carbonyl (C=O) groups is 2. The summed E-state index contributed by atoms with van der Waals surface area (Å²) < 4.78 is 27.5. The van der Waals surface area contributed by atoms with Gasteiger partial charge in [-0.2, -0.15) is 4.31 Å². The summed E-state index contributed by atoms with van der Waals surface area (Å²) in [6.45, 7) is 7.28. The Hall–Kier alpha value is -2.43. The minimum Gasteiger partial charge on any atom is -0.352 e. The Balaban J connectivity index is 1.62. The second kappa shape index (κ2) is 9.60. The second-order valence-corrected chi connectivity index (χ2v) is 11.8. The number of hydrogen-bond acceptors (Lipinski definition) is 5. The van der Waals surface area contributed by atoms with Crippen molar-refractivity contribution in [1.82, 2.24) is 14.5 Å². The number of urea groups is 1. The normalized spacial score (nSPS) is 16.5. The standard InChI is InChI=1S/C22H30N4O4S2/c1-22(2,3)16-6-8-17(9-7-16)32(29,30)26-12-10-25(11-13-26)20(27)15-18(24-21(23)28)19-5-4-14-31-19/h4-9,14,18H,10-13,15H2,1-3H3,(H3,23,24,28). The smallest absolute Gasteiger partial charge is 0.312 e. The molecule has 1 aromatic carbocycles. The maximum absolute atomic E-state index is 13.0. The summed E-state index contributed by atoms with van der Waals surface area (Å²) in [5.41, 5.74) is 6.27. The summed E-state index contributed by atoms with van der Waals surface area (Å²) in [6.07, 6.45) is 0.0739. The summed E-state index contributed by atoms with van der Waals surface area (Å²) in [6, 6.07) is 9.49. The zero-order valence-electron chi connectivity index (χ0n) is 18.6. The van der Waals surface area contributed by atoms with Gasteiger partial charge in [-0.15, -0.1) is 11.3 Å². The lowest BCUT2D eigenvalue weighted by Crippen LogP contribution is -2.51. The molecule has 174 valence electrons. The number of hydrogen-bond donors (Lipinski definition) is 2. The van der Waals surface area contributed by atoms with Gasteiger partial charge in [-0.3, -0.25) is 4.79 Å². The zero-order chi connectivity index (χ0) is 23.5. The number of primary amides is 1. The number of rotatable bonds is 6. The van der Waals surface area contributed by atoms with Crippen LogP contribution in [0, 0.1) is 0 Å². The monoisotopic (exact) mass is 478 g/mol. The predicted molar refractivity (Wildman–Crippen MR) is 125 cm³/mol. The van der Waals surface area contributed by atoms with Gasteiger partial charge in [-0.1, -0.05) is 39.0 Å². The average molecular weight is 479 g/mol. The number of nitrogens with one attached hydrogen (secondary N) is 1. The van der Waals surface area contributed by atoms with Crippen LogP contribution in [0.2, 0.25) is 0 Å². The third-order valence-electron chi connectivity index (χ3n) is 5.53. The second-order valence-electron chi connectivity index (χ2n) is 8.84. The van der Waals surface area contributed by atoms with Gasteiger partial charge in [0, 0.05) is 31.1 Å². The van der Waals surface area contributed by atoms with Crippen molar-refractivity contribution >= 4 is 33.3 Å². The molecule has 1 atom stereocenters. The molecule has 3 amide bonds. The number of thiophene rings is 1. The van der Waals surface area contributed by atoms with E-state index in [1.807, 2.05) is 29.6 Å². The van der Waals surface area contributed by atoms with E-state index >= 15 is 0 Å². The molecular weight excluding hydrogens is 448 g/mol. The molecule has 0 saturated carbocycles. The molecule has 0 bridgehead atoms. The topological polar surface area (TPSA) is 113 Å². The van der Waals surface area contributed by atoms with E-state index in [0.29, 0.717) is 13.1 Å². The van der Waals surface area contributed by atoms with Crippen molar-refractivity contribution in [3.63, 3.8) is 0 Å². The number of amides is 3. The SMILES string of the molecule is CC(C)(C)c1ccc(S(=O)(=O)N2CCN(C(=O)CC(NC(N)=O)c3cccs3)CC2)cc1. The molecule has 0 radical (unpaired) electrons. The van der Waals surface area contributed by atoms with E-state index in [4.69, 9.17) is 5.73 Å². The van der Waals surface area contributed by atoms with Gasteiger partial charge < -0.3 is 16.0 Å². The highest BCUT2D eigenvalue weighted by Crippen LogP contribution is 2.26. The maximum Gasteiger partial charge on any atom is 0.312 e. The summed E-state index contributed by atoms with van der Waals surface area (Å²) >= 11 is 1.44. The Kier molecular flexibility index (Phi) is 7.26. The largest absolute Gasteiger partial charge is 0.352 e. The third kappa shape index (κ3) is 5.67. The molecule has 1 aromatic heterocycles. The highest BCUT2D eigenvalue weighted by molar-refractivity contribution is 7.89. The Morgan fingerprint density at radius 2 is 1.72 bits per heavy atom. The third-order valence-corrected chi connectivity index (χ3v) is 8.43. The summed E-state index contributed by atoms with van der Waals surface area (Å²) in [5, 5.41) is 4.49. The molecule has 0 aliphatic carbocycles. The lowest BCUT2D eigenvalue weighted by atomic mass is 9.87. The molecule has 10 heteroatoms. The fourth-order valence-electron chi connectivity index (χ4n) is 3.64. The van der Waals surface area contributed by atoms with Crippen LogP contribution >= 0.6 is 11.3 Å². The Labute approximate surface area is 193 Å². The van der Waals surface area contributed by atoms with E-state index in [2.05, 4.69) is 26.1 Å². The fourth-order valence-corrected chi connectivity index (χ4v) is 5.84. The summed E-state index contributed by atoms with van der Waals surface area (Å²) in [5.74, 6) is -0.149. The average Bonchev–Trinajstić information content (AvgIpc) is 3.27. The van der Waals surface area contributed by atoms with Crippen molar-refractivity contribution in [1.29, 1.82) is 0 Å². The lowest BCUT2D eigenvalue weighted by Gasteiger charge is -2.34. The van der Waals surface area contributed by atoms with Crippen molar-refractivity contribution in [3.05, 3.63) is 52.2 Å². The van der Waals surface area contributed by atoms with Crippen molar-refractivity contribution in [3.8, 4) is 0 Å². The molecule has 3 N–H and O–H groups in total. The van der Waals surface area contributed by atoms with Crippen LogP contribution in [-0.4, -0.2) is 55.7 Å². The van der Waals surface area contributed by atoms with Crippen LogP contribution in [0.1, 0.15) is 43.7 Å². The molecule has 1 fully saturated rings. The van der Waals surface area contributed by atoms with Crippen LogP contribution in [0.5, 0.6) is 0 Å². The van der Waals surface area contributed by atoms with Crippen LogP contribution in [0.4, 0.5) is 4.79 Å². The summed E-state index contributed by atoms with van der Waals surface area (Å²) in [7, 11) is -3.62. The van der Waals surface area contributed by atoms with E-state index in [9.17, 15) is 18.0 Å². The Bertz CT molecular complexity index is 1040. The maximum atomic E-state index is 13.0. The highest BCUT2D eigenvalue weighted by Gasteiger charge is 2.31. The van der Waals surface area contributed by atoms with Crippen molar-refractivity contribution < 1.29 is 18.0 Å². The van der Waals surface area contributed by atoms with Crippen LogP contribution in [0.15, 0.2) is 46.7 Å². The van der Waals surface area contributed by atoms with Gasteiger partial charge in [0.1, 0.15) is 0 Å². The van der Waals surface area contributed by atoms with E-state index in [1.165, 1.54) is 15.6 Å². The minimum absolute atomic E-state index is 0.0569. The first kappa shape index (κ1) is 24.2. The number of benzene rings is 1. The lowest BCUT2D eigenvalue weighted by molar-refractivity contribution is -0.132. The van der Waals surface area contributed by atoms with Gasteiger partial charge in [-0.25, -0.2) is 13.2 Å². The molecule has 0 spiro atoms. The number of sulfonamides is 1. The first-order chi connectivity index (χ1) is 15.0. The molecular formula is C22H30N4O4S2. The number of nitrogens with two attached hydrogens (primary N) is 1. The van der Waals surface area contributed by atoms with Crippen molar-refractivity contribution in [2.45, 2.75) is 43.5 Å². The molecule has 3 rings (SSSR count). The van der Waals surface area contributed by atoms with Crippen molar-refractivity contribution in [2.75, 3.05) is 26.2 Å². The van der Waals surface area contributed by atoms with Gasteiger partial charge in [0.25, 0.3) is 0 Å². The molecule has 1 aliphatic rings. The molecule has 32 heavy (non-hydrogen) atoms. The van der Waals surface area contributed by atoms with E-state index in [1.54, 1.807) is 17.0 Å². The van der Waals surface area contributed by atoms with E-state index in [0.717, 1.165) is 10.4 Å². The molecule has 2 heterocycles. The van der Waals surface area contributed by atoms with E-state index in [-0.39, 0.29) is 35.7 Å². The predicted octanol–water partition coefficient (Wildman–Crippen LogP) is 2.68. The highest BCUT2D eigenvalue weighted by atomic mass is 32.2. The van der Waals surface area contributed by atoms with Gasteiger partial charge in [0.05, 0.1) is 17.4 Å². The van der Waals surface area contributed by atoms with Crippen molar-refractivity contribution in [2.24, 2.45) is 5.73 Å². The molecule has 2 aromatic rings. The fraction of sp³-hybridized carbons (Fsp3) is 0.455. The molecule has 1 saturated heterocycles. The summed E-state index contributed by atoms with van der Waals surface area (Å²) in [4.78, 5) is 26.9. The Morgan fingerprint density at radius 3 is 2.22 bits per heavy atom. The van der Waals surface area contributed by atoms with Crippen LogP contribution in [0.3, 0.4) is 0 Å². The van der Waals surface area contributed by atoms with Crippen LogP contribution in [0.25, 0.3) is 0 Å². The number of carbonyl (C=O) groups excluding carboxylic acids is 2. The van der Waals surface area contributed by atoms with Gasteiger partial charge in [0.2, 0.25) is 15.9 Å². The quantitative estimate of drug-likeness (QED) is 0.664. The molecule has 1 unspecified atom stereocenters. The van der Waals surface area contributed by atoms with Gasteiger partial charge in [0.15, 0.2) is 0 Å². The zero-order valence-corrected chi connectivity index (χ0v) is 20.2. The Morgan fingerprint density at radius 1 is 1.09 bits per heavy atom. The van der Waals surface area contributed by atoms with Crippen LogP contribution < -0.4 is 11.1 Å². The first-order valence-electron chi connectivity index (χ1n) is 10.5. The minimum atomic E-state index is -3.62. The van der Waals surface area contributed by atoms with Crippen LogP contribution in [-0.2, 0) is 20.2 Å². The molecule has 8 nitrogen and oxygen atoms in total. The van der Waals surface area contributed by atoms with E-state index < -0.39 is 22.1 Å². The number of nitrogens with zero attached hydrogens (tertiary/aromatic N) is 2. The van der Waals surface area contributed by atoms with Gasteiger partial charge in [-0.05, 0) is 34.6 Å². The molecule has 1 aliphatic heterocycles. The van der Waals surface area contributed by atoms with Gasteiger partial charge >= 0.3 is 6.03 Å².